The average Bonchev–Trinajstić information content (AvgIpc) is 2.48. The molecule has 4 nitrogen and oxygen atoms in total. The molecule has 1 aromatic carbocycles. The van der Waals surface area contributed by atoms with Crippen molar-refractivity contribution >= 4 is 18.0 Å². The zero-order valence-corrected chi connectivity index (χ0v) is 11.8. The van der Waals surface area contributed by atoms with Crippen LogP contribution in [0.5, 0.6) is 0 Å². The first-order valence-corrected chi connectivity index (χ1v) is 5.75. The maximum Gasteiger partial charge on any atom is 0.329 e. The lowest BCUT2D eigenvalue weighted by atomic mass is 10.2. The number of carboxylic acid groups (broad SMARTS) is 1. The third-order valence-corrected chi connectivity index (χ3v) is 1.71. The Labute approximate surface area is 119 Å². The SMILES string of the molecule is C=CC(=O)OC.C=Cc1ccccc1.CC=CC(=O)O. The van der Waals surface area contributed by atoms with Gasteiger partial charge in [-0.1, -0.05) is 55.6 Å². The van der Waals surface area contributed by atoms with Gasteiger partial charge in [0.05, 0.1) is 7.11 Å². The maximum atomic E-state index is 9.84. The van der Waals surface area contributed by atoms with Crippen molar-refractivity contribution in [3.8, 4) is 0 Å². The number of hydrogen-bond donors (Lipinski definition) is 1. The monoisotopic (exact) mass is 276 g/mol. The van der Waals surface area contributed by atoms with Gasteiger partial charge in [0.2, 0.25) is 0 Å². The van der Waals surface area contributed by atoms with Crippen molar-refractivity contribution in [2.24, 2.45) is 0 Å². The van der Waals surface area contributed by atoms with Crippen molar-refractivity contribution in [2.75, 3.05) is 7.11 Å². The van der Waals surface area contributed by atoms with Crippen molar-refractivity contribution in [2.45, 2.75) is 6.92 Å². The van der Waals surface area contributed by atoms with Gasteiger partial charge in [0, 0.05) is 12.2 Å². The molecule has 0 bridgehead atoms. The Bertz CT molecular complexity index is 433. The molecule has 0 aromatic heterocycles. The molecular weight excluding hydrogens is 256 g/mol. The van der Waals surface area contributed by atoms with E-state index in [0.717, 1.165) is 12.2 Å². The highest BCUT2D eigenvalue weighted by atomic mass is 16.5. The van der Waals surface area contributed by atoms with E-state index >= 15 is 0 Å². The molecule has 0 saturated carbocycles. The Morgan fingerprint density at radius 1 is 1.20 bits per heavy atom. The second kappa shape index (κ2) is 14.4. The average molecular weight is 276 g/mol. The number of hydrogen-bond acceptors (Lipinski definition) is 3. The summed E-state index contributed by atoms with van der Waals surface area (Å²) < 4.78 is 4.14. The van der Waals surface area contributed by atoms with Gasteiger partial charge in [-0.05, 0) is 12.5 Å². The van der Waals surface area contributed by atoms with Gasteiger partial charge in [-0.25, -0.2) is 9.59 Å². The van der Waals surface area contributed by atoms with Crippen LogP contribution in [0.2, 0.25) is 0 Å². The van der Waals surface area contributed by atoms with E-state index in [1.165, 1.54) is 18.7 Å². The summed E-state index contributed by atoms with van der Waals surface area (Å²) in [6.07, 6.45) is 5.50. The number of aliphatic carboxylic acids is 1. The lowest BCUT2D eigenvalue weighted by Gasteiger charge is -1.85. The van der Waals surface area contributed by atoms with E-state index in [4.69, 9.17) is 5.11 Å². The topological polar surface area (TPSA) is 63.6 Å². The van der Waals surface area contributed by atoms with E-state index in [0.29, 0.717) is 0 Å². The first kappa shape index (κ1) is 19.7. The molecular formula is C16H20O4. The molecule has 0 aliphatic heterocycles. The number of methoxy groups -OCH3 is 1. The van der Waals surface area contributed by atoms with E-state index in [2.05, 4.69) is 17.9 Å². The fourth-order valence-electron chi connectivity index (χ4n) is 0.815. The molecule has 1 aromatic rings. The first-order chi connectivity index (χ1) is 9.51. The van der Waals surface area contributed by atoms with Crippen molar-refractivity contribution in [3.05, 3.63) is 67.3 Å². The molecule has 0 unspecified atom stereocenters. The highest BCUT2D eigenvalue weighted by molar-refractivity contribution is 5.81. The molecule has 108 valence electrons. The number of allylic oxidation sites excluding steroid dienone is 1. The van der Waals surface area contributed by atoms with Gasteiger partial charge in [-0.15, -0.1) is 0 Å². The molecule has 0 heterocycles. The van der Waals surface area contributed by atoms with Crippen LogP contribution in [0.3, 0.4) is 0 Å². The van der Waals surface area contributed by atoms with Crippen LogP contribution in [0.25, 0.3) is 6.08 Å². The minimum atomic E-state index is -0.891. The zero-order chi connectivity index (χ0) is 15.8. The van der Waals surface area contributed by atoms with Crippen molar-refractivity contribution in [1.29, 1.82) is 0 Å². The van der Waals surface area contributed by atoms with Gasteiger partial charge in [-0.3, -0.25) is 0 Å². The highest BCUT2D eigenvalue weighted by Crippen LogP contribution is 1.97. The molecule has 0 spiro atoms. The summed E-state index contributed by atoms with van der Waals surface area (Å²) in [5.41, 5.74) is 1.17. The second-order valence-electron chi connectivity index (χ2n) is 3.18. The Morgan fingerprint density at radius 2 is 1.75 bits per heavy atom. The van der Waals surface area contributed by atoms with E-state index < -0.39 is 11.9 Å². The predicted octanol–water partition coefficient (Wildman–Crippen LogP) is 3.32. The van der Waals surface area contributed by atoms with E-state index in [1.54, 1.807) is 6.92 Å². The molecule has 0 aliphatic rings. The second-order valence-corrected chi connectivity index (χ2v) is 3.18. The number of benzene rings is 1. The highest BCUT2D eigenvalue weighted by Gasteiger charge is 1.82. The van der Waals surface area contributed by atoms with Gasteiger partial charge in [0.25, 0.3) is 0 Å². The van der Waals surface area contributed by atoms with E-state index in [1.807, 2.05) is 36.4 Å². The molecule has 20 heavy (non-hydrogen) atoms. The van der Waals surface area contributed by atoms with Crippen LogP contribution in [0, 0.1) is 0 Å². The Hall–Kier alpha value is -2.62. The molecule has 0 saturated heterocycles. The third-order valence-electron chi connectivity index (χ3n) is 1.71. The fourth-order valence-corrected chi connectivity index (χ4v) is 0.815. The molecule has 0 atom stereocenters. The van der Waals surface area contributed by atoms with Crippen molar-refractivity contribution in [3.63, 3.8) is 0 Å². The minimum Gasteiger partial charge on any atom is -0.478 e. The van der Waals surface area contributed by atoms with Crippen LogP contribution in [0.1, 0.15) is 12.5 Å². The summed E-state index contributed by atoms with van der Waals surface area (Å²) >= 11 is 0. The van der Waals surface area contributed by atoms with Gasteiger partial charge in [0.1, 0.15) is 0 Å². The fraction of sp³-hybridized carbons (Fsp3) is 0.125. The van der Waals surface area contributed by atoms with Crippen molar-refractivity contribution in [1.82, 2.24) is 0 Å². The number of carbonyl (C=O) groups is 2. The lowest BCUT2D eigenvalue weighted by molar-refractivity contribution is -0.135. The van der Waals surface area contributed by atoms with Gasteiger partial charge in [-0.2, -0.15) is 0 Å². The summed E-state index contributed by atoms with van der Waals surface area (Å²) in [5.74, 6) is -1.28. The molecule has 4 heteroatoms. The summed E-state index contributed by atoms with van der Waals surface area (Å²) in [5, 5.41) is 7.83. The number of esters is 1. The first-order valence-electron chi connectivity index (χ1n) is 5.75. The Balaban J connectivity index is 0. The quantitative estimate of drug-likeness (QED) is 0.679. The normalized spacial score (nSPS) is 8.30. The summed E-state index contributed by atoms with van der Waals surface area (Å²) in [6, 6.07) is 10.0. The van der Waals surface area contributed by atoms with Crippen molar-refractivity contribution < 1.29 is 19.4 Å². The molecule has 1 N–H and O–H groups in total. The summed E-state index contributed by atoms with van der Waals surface area (Å²) in [7, 11) is 1.31. The minimum absolute atomic E-state index is 0.394. The molecule has 0 radical (unpaired) electrons. The summed E-state index contributed by atoms with van der Waals surface area (Å²) in [4.78, 5) is 19.4. The van der Waals surface area contributed by atoms with Gasteiger partial charge < -0.3 is 9.84 Å². The van der Waals surface area contributed by atoms with Crippen LogP contribution >= 0.6 is 0 Å². The van der Waals surface area contributed by atoms with Gasteiger partial charge >= 0.3 is 11.9 Å². The number of carbonyl (C=O) groups excluding carboxylic acids is 1. The number of carboxylic acids is 1. The molecule has 0 amide bonds. The van der Waals surface area contributed by atoms with Crippen LogP contribution in [-0.4, -0.2) is 24.2 Å². The van der Waals surface area contributed by atoms with Crippen LogP contribution in [0.15, 0.2) is 61.7 Å². The van der Waals surface area contributed by atoms with Gasteiger partial charge in [0.15, 0.2) is 0 Å². The summed E-state index contributed by atoms with van der Waals surface area (Å²) in [6.45, 7) is 8.45. The largest absolute Gasteiger partial charge is 0.478 e. The van der Waals surface area contributed by atoms with Crippen LogP contribution in [-0.2, 0) is 14.3 Å². The number of ether oxygens (including phenoxy) is 1. The predicted molar refractivity (Wildman–Crippen MR) is 81.2 cm³/mol. The Morgan fingerprint density at radius 3 is 1.90 bits per heavy atom. The third kappa shape index (κ3) is 15.4. The molecule has 1 rings (SSSR count). The zero-order valence-electron chi connectivity index (χ0n) is 11.8. The van der Waals surface area contributed by atoms with Crippen LogP contribution in [0.4, 0.5) is 0 Å². The maximum absolute atomic E-state index is 9.84. The molecule has 0 fully saturated rings. The van der Waals surface area contributed by atoms with Crippen LogP contribution < -0.4 is 0 Å². The van der Waals surface area contributed by atoms with E-state index in [-0.39, 0.29) is 0 Å². The lowest BCUT2D eigenvalue weighted by Crippen LogP contribution is -1.91. The molecule has 0 aliphatic carbocycles. The Kier molecular flexibility index (Phi) is 14.2. The smallest absolute Gasteiger partial charge is 0.329 e. The number of rotatable bonds is 3. The standard InChI is InChI=1S/C8H8.2C4H6O2/c1-2-8-6-4-3-5-7-8;1-3-4(5)6-2;1-2-3-4(5)6/h2-7H,1H2;3H,1H2,2H3;2-3H,1H3,(H,5,6). The van der Waals surface area contributed by atoms with E-state index in [9.17, 15) is 9.59 Å².